The first-order chi connectivity index (χ1) is 7.69. The summed E-state index contributed by atoms with van der Waals surface area (Å²) in [5, 5.41) is 10.2. The lowest BCUT2D eigenvalue weighted by molar-refractivity contribution is -0.137. The molecule has 0 unspecified atom stereocenters. The molecular formula is C13H15F3O. The highest BCUT2D eigenvalue weighted by Crippen LogP contribution is 2.33. The zero-order valence-electron chi connectivity index (χ0n) is 9.75. The molecule has 0 aliphatic carbocycles. The average Bonchev–Trinajstić information content (AvgIpc) is 2.27. The van der Waals surface area contributed by atoms with Crippen LogP contribution in [0.4, 0.5) is 13.2 Å². The quantitative estimate of drug-likeness (QED) is 0.803. The Balaban J connectivity index is 3.07. The van der Waals surface area contributed by atoms with Gasteiger partial charge in [-0.3, -0.25) is 0 Å². The number of aliphatic hydroxyl groups is 1. The molecule has 1 N–H and O–H groups in total. The van der Waals surface area contributed by atoms with Gasteiger partial charge in [0, 0.05) is 5.92 Å². The molecule has 0 aliphatic rings. The fraction of sp³-hybridized carbons (Fsp3) is 0.385. The summed E-state index contributed by atoms with van der Waals surface area (Å²) in [7, 11) is 0. The smallest absolute Gasteiger partial charge is 0.385 e. The minimum atomic E-state index is -4.35. The molecule has 94 valence electrons. The molecule has 1 nitrogen and oxygen atoms in total. The van der Waals surface area contributed by atoms with Crippen molar-refractivity contribution in [3.05, 3.63) is 48.0 Å². The molecule has 0 saturated heterocycles. The Morgan fingerprint density at radius 2 is 1.59 bits per heavy atom. The molecule has 0 aliphatic heterocycles. The molecule has 0 saturated carbocycles. The van der Waals surface area contributed by atoms with Crippen LogP contribution in [0.1, 0.15) is 25.0 Å². The van der Waals surface area contributed by atoms with Gasteiger partial charge in [0.25, 0.3) is 0 Å². The van der Waals surface area contributed by atoms with E-state index in [1.165, 1.54) is 12.1 Å². The van der Waals surface area contributed by atoms with Gasteiger partial charge in [0.2, 0.25) is 0 Å². The predicted molar refractivity (Wildman–Crippen MR) is 60.4 cm³/mol. The van der Waals surface area contributed by atoms with Gasteiger partial charge in [0.15, 0.2) is 0 Å². The lowest BCUT2D eigenvalue weighted by Crippen LogP contribution is -2.28. The van der Waals surface area contributed by atoms with Crippen molar-refractivity contribution < 1.29 is 18.3 Å². The van der Waals surface area contributed by atoms with Gasteiger partial charge >= 0.3 is 6.18 Å². The number of benzene rings is 1. The number of alkyl halides is 3. The normalized spacial score (nSPS) is 17.3. The SMILES string of the molecule is C=C[C@@H](C)[C@](C)(O)c1ccc(C(F)(F)F)cc1. The van der Waals surface area contributed by atoms with Crippen LogP contribution in [-0.4, -0.2) is 5.11 Å². The van der Waals surface area contributed by atoms with Crippen LogP contribution in [0, 0.1) is 5.92 Å². The zero-order valence-corrected chi connectivity index (χ0v) is 9.75. The number of halogens is 3. The lowest BCUT2D eigenvalue weighted by Gasteiger charge is -2.29. The van der Waals surface area contributed by atoms with Crippen LogP contribution in [-0.2, 0) is 11.8 Å². The molecule has 0 radical (unpaired) electrons. The summed E-state index contributed by atoms with van der Waals surface area (Å²) in [6.45, 7) is 6.88. The summed E-state index contributed by atoms with van der Waals surface area (Å²) in [6, 6.07) is 4.53. The molecule has 0 spiro atoms. The molecule has 1 aromatic rings. The maximum atomic E-state index is 12.4. The molecule has 17 heavy (non-hydrogen) atoms. The second-order valence-electron chi connectivity index (χ2n) is 4.25. The number of rotatable bonds is 3. The Morgan fingerprint density at radius 1 is 1.18 bits per heavy atom. The molecular weight excluding hydrogens is 229 g/mol. The third-order valence-corrected chi connectivity index (χ3v) is 3.04. The van der Waals surface area contributed by atoms with Crippen LogP contribution in [0.5, 0.6) is 0 Å². The van der Waals surface area contributed by atoms with E-state index >= 15 is 0 Å². The second-order valence-corrected chi connectivity index (χ2v) is 4.25. The highest BCUT2D eigenvalue weighted by Gasteiger charge is 2.32. The fourth-order valence-corrected chi connectivity index (χ4v) is 1.49. The largest absolute Gasteiger partial charge is 0.416 e. The third kappa shape index (κ3) is 2.88. The summed E-state index contributed by atoms with van der Waals surface area (Å²) in [4.78, 5) is 0. The second kappa shape index (κ2) is 4.53. The molecule has 2 atom stereocenters. The van der Waals surface area contributed by atoms with E-state index in [2.05, 4.69) is 6.58 Å². The van der Waals surface area contributed by atoms with E-state index in [-0.39, 0.29) is 5.92 Å². The molecule has 1 aromatic carbocycles. The zero-order chi connectivity index (χ0) is 13.3. The summed E-state index contributed by atoms with van der Waals surface area (Å²) in [5.74, 6) is -0.251. The van der Waals surface area contributed by atoms with E-state index in [0.29, 0.717) is 5.56 Å². The number of hydrogen-bond donors (Lipinski definition) is 1. The van der Waals surface area contributed by atoms with E-state index in [1.807, 2.05) is 0 Å². The van der Waals surface area contributed by atoms with Crippen molar-refractivity contribution in [3.8, 4) is 0 Å². The first-order valence-electron chi connectivity index (χ1n) is 5.22. The average molecular weight is 244 g/mol. The molecule has 4 heteroatoms. The van der Waals surface area contributed by atoms with Crippen molar-refractivity contribution in [2.75, 3.05) is 0 Å². The van der Waals surface area contributed by atoms with Crippen molar-refractivity contribution in [3.63, 3.8) is 0 Å². The standard InChI is InChI=1S/C13H15F3O/c1-4-9(2)12(3,17)10-5-7-11(8-6-10)13(14,15)16/h4-9,17H,1H2,2-3H3/t9-,12+/m1/s1. The molecule has 0 aromatic heterocycles. The Morgan fingerprint density at radius 3 is 1.94 bits per heavy atom. The highest BCUT2D eigenvalue weighted by atomic mass is 19.4. The lowest BCUT2D eigenvalue weighted by atomic mass is 9.84. The van der Waals surface area contributed by atoms with Crippen LogP contribution in [0.2, 0.25) is 0 Å². The van der Waals surface area contributed by atoms with Gasteiger partial charge in [-0.25, -0.2) is 0 Å². The minimum Gasteiger partial charge on any atom is -0.385 e. The first kappa shape index (κ1) is 13.8. The van der Waals surface area contributed by atoms with Crippen molar-refractivity contribution >= 4 is 0 Å². The molecule has 1 rings (SSSR count). The van der Waals surface area contributed by atoms with Crippen LogP contribution in [0.3, 0.4) is 0 Å². The third-order valence-electron chi connectivity index (χ3n) is 3.04. The summed E-state index contributed by atoms with van der Waals surface area (Å²) < 4.78 is 37.1. The van der Waals surface area contributed by atoms with Gasteiger partial charge in [0.1, 0.15) is 0 Å². The monoisotopic (exact) mass is 244 g/mol. The summed E-state index contributed by atoms with van der Waals surface area (Å²) in [6.07, 6.45) is -2.79. The van der Waals surface area contributed by atoms with Gasteiger partial charge in [-0.1, -0.05) is 25.1 Å². The Kier molecular flexibility index (Phi) is 3.67. The molecule has 0 heterocycles. The molecule has 0 bridgehead atoms. The van der Waals surface area contributed by atoms with E-state index in [4.69, 9.17) is 0 Å². The summed E-state index contributed by atoms with van der Waals surface area (Å²) >= 11 is 0. The maximum Gasteiger partial charge on any atom is 0.416 e. The maximum absolute atomic E-state index is 12.4. The predicted octanol–water partition coefficient (Wildman–Crippen LogP) is 3.74. The van der Waals surface area contributed by atoms with Crippen LogP contribution in [0.15, 0.2) is 36.9 Å². The fourth-order valence-electron chi connectivity index (χ4n) is 1.49. The van der Waals surface area contributed by atoms with Gasteiger partial charge in [-0.15, -0.1) is 6.58 Å². The highest BCUT2D eigenvalue weighted by molar-refractivity contribution is 5.29. The van der Waals surface area contributed by atoms with Crippen molar-refractivity contribution in [1.82, 2.24) is 0 Å². The van der Waals surface area contributed by atoms with E-state index in [1.54, 1.807) is 19.9 Å². The van der Waals surface area contributed by atoms with Gasteiger partial charge < -0.3 is 5.11 Å². The van der Waals surface area contributed by atoms with Gasteiger partial charge in [-0.05, 0) is 24.6 Å². The first-order valence-corrected chi connectivity index (χ1v) is 5.22. The van der Waals surface area contributed by atoms with Crippen molar-refractivity contribution in [2.45, 2.75) is 25.6 Å². The Hall–Kier alpha value is -1.29. The Bertz CT molecular complexity index is 390. The van der Waals surface area contributed by atoms with E-state index in [0.717, 1.165) is 12.1 Å². The Labute approximate surface area is 98.6 Å². The summed E-state index contributed by atoms with van der Waals surface area (Å²) in [5.41, 5.74) is -1.49. The van der Waals surface area contributed by atoms with Crippen molar-refractivity contribution in [1.29, 1.82) is 0 Å². The topological polar surface area (TPSA) is 20.2 Å². The van der Waals surface area contributed by atoms with Crippen LogP contribution in [0.25, 0.3) is 0 Å². The van der Waals surface area contributed by atoms with Crippen molar-refractivity contribution in [2.24, 2.45) is 5.92 Å². The molecule has 0 amide bonds. The van der Waals surface area contributed by atoms with Gasteiger partial charge in [-0.2, -0.15) is 13.2 Å². The molecule has 0 fully saturated rings. The van der Waals surface area contributed by atoms with Crippen LogP contribution >= 0.6 is 0 Å². The minimum absolute atomic E-state index is 0.251. The van der Waals surface area contributed by atoms with E-state index < -0.39 is 17.3 Å². The van der Waals surface area contributed by atoms with Gasteiger partial charge in [0.05, 0.1) is 11.2 Å². The van der Waals surface area contributed by atoms with E-state index in [9.17, 15) is 18.3 Å². The van der Waals surface area contributed by atoms with Crippen LogP contribution < -0.4 is 0 Å². The number of hydrogen-bond acceptors (Lipinski definition) is 1.